The highest BCUT2D eigenvalue weighted by Crippen LogP contribution is 2.40. The predicted molar refractivity (Wildman–Crippen MR) is 131 cm³/mol. The maximum absolute atomic E-state index is 13.4. The van der Waals surface area contributed by atoms with E-state index in [-0.39, 0.29) is 25.0 Å². The van der Waals surface area contributed by atoms with Crippen LogP contribution in [0, 0.1) is 11.8 Å². The molecule has 2 aromatic heterocycles. The summed E-state index contributed by atoms with van der Waals surface area (Å²) in [4.78, 5) is 44.1. The molecule has 2 aliphatic carbocycles. The molecule has 1 N–H and O–H groups in total. The quantitative estimate of drug-likeness (QED) is 0.609. The fourth-order valence-corrected chi connectivity index (χ4v) is 5.95. The van der Waals surface area contributed by atoms with Gasteiger partial charge in [-0.15, -0.1) is 0 Å². The highest BCUT2D eigenvalue weighted by atomic mass is 16.2. The van der Waals surface area contributed by atoms with Gasteiger partial charge in [-0.1, -0.05) is 56.0 Å². The summed E-state index contributed by atoms with van der Waals surface area (Å²) in [7, 11) is 0. The van der Waals surface area contributed by atoms with Crippen molar-refractivity contribution in [1.29, 1.82) is 0 Å². The maximum atomic E-state index is 13.4. The first-order valence-corrected chi connectivity index (χ1v) is 12.6. The van der Waals surface area contributed by atoms with Crippen LogP contribution in [0.5, 0.6) is 0 Å². The van der Waals surface area contributed by atoms with Crippen LogP contribution < -0.4 is 16.6 Å². The van der Waals surface area contributed by atoms with E-state index in [1.165, 1.54) is 30.3 Å². The Kier molecular flexibility index (Phi) is 6.39. The van der Waals surface area contributed by atoms with Crippen molar-refractivity contribution in [2.45, 2.75) is 77.5 Å². The lowest BCUT2D eigenvalue weighted by Gasteiger charge is -2.39. The number of aromatic nitrogens is 4. The molecule has 0 saturated heterocycles. The van der Waals surface area contributed by atoms with Gasteiger partial charge in [-0.25, -0.2) is 14.3 Å². The molecule has 0 spiro atoms. The van der Waals surface area contributed by atoms with E-state index in [9.17, 15) is 14.4 Å². The molecular formula is C26H33N5O3. The zero-order valence-electron chi connectivity index (χ0n) is 19.8. The zero-order valence-corrected chi connectivity index (χ0v) is 19.8. The van der Waals surface area contributed by atoms with Crippen molar-refractivity contribution >= 4 is 17.1 Å². The summed E-state index contributed by atoms with van der Waals surface area (Å²) < 4.78 is 4.30. The monoisotopic (exact) mass is 463 g/mol. The number of rotatable bonds is 6. The minimum Gasteiger partial charge on any atom is -0.352 e. The van der Waals surface area contributed by atoms with Gasteiger partial charge in [0, 0.05) is 12.6 Å². The van der Waals surface area contributed by atoms with Crippen LogP contribution in [0.3, 0.4) is 0 Å². The van der Waals surface area contributed by atoms with Gasteiger partial charge >= 0.3 is 5.69 Å². The highest BCUT2D eigenvalue weighted by Gasteiger charge is 2.32. The summed E-state index contributed by atoms with van der Waals surface area (Å²) in [6, 6.07) is 9.72. The number of imidazole rings is 1. The second-order valence-corrected chi connectivity index (χ2v) is 9.83. The topological polar surface area (TPSA) is 90.9 Å². The SMILES string of the molecule is CCn1cnc2c1c(=O)n(CC(=O)N[C@@H]1CC[C@@H]3CCCC[C@H]3C1)c(=O)n2Cc1ccccc1. The van der Waals surface area contributed by atoms with Gasteiger partial charge in [-0.3, -0.25) is 14.2 Å². The van der Waals surface area contributed by atoms with Crippen LogP contribution in [0.4, 0.5) is 0 Å². The number of hydrogen-bond acceptors (Lipinski definition) is 4. The van der Waals surface area contributed by atoms with Crippen molar-refractivity contribution in [2.75, 3.05) is 0 Å². The molecule has 1 aromatic carbocycles. The smallest absolute Gasteiger partial charge is 0.333 e. The van der Waals surface area contributed by atoms with E-state index in [4.69, 9.17) is 0 Å². The van der Waals surface area contributed by atoms with Crippen molar-refractivity contribution in [1.82, 2.24) is 24.0 Å². The molecule has 0 bridgehead atoms. The molecule has 2 aliphatic rings. The van der Waals surface area contributed by atoms with Crippen LogP contribution in [0.15, 0.2) is 46.2 Å². The maximum Gasteiger partial charge on any atom is 0.333 e. The second kappa shape index (κ2) is 9.60. The summed E-state index contributed by atoms with van der Waals surface area (Å²) in [5.41, 5.74) is 0.668. The molecule has 34 heavy (non-hydrogen) atoms. The lowest BCUT2D eigenvalue weighted by Crippen LogP contribution is -2.47. The molecule has 2 heterocycles. The minimum absolute atomic E-state index is 0.124. The summed E-state index contributed by atoms with van der Waals surface area (Å²) >= 11 is 0. The molecule has 8 heteroatoms. The largest absolute Gasteiger partial charge is 0.352 e. The van der Waals surface area contributed by atoms with E-state index < -0.39 is 11.2 Å². The van der Waals surface area contributed by atoms with E-state index in [1.54, 1.807) is 10.9 Å². The second-order valence-electron chi connectivity index (χ2n) is 9.83. The lowest BCUT2D eigenvalue weighted by atomic mass is 9.69. The summed E-state index contributed by atoms with van der Waals surface area (Å²) in [6.07, 6.45) is 9.88. The Balaban J connectivity index is 1.42. The van der Waals surface area contributed by atoms with Gasteiger partial charge in [0.1, 0.15) is 6.54 Å². The fourth-order valence-electron chi connectivity index (χ4n) is 5.95. The normalized spacial score (nSPS) is 22.4. The number of carbonyl (C=O) groups excluding carboxylic acids is 1. The van der Waals surface area contributed by atoms with E-state index in [0.717, 1.165) is 35.3 Å². The van der Waals surface area contributed by atoms with Crippen molar-refractivity contribution in [3.63, 3.8) is 0 Å². The summed E-state index contributed by atoms with van der Waals surface area (Å²) in [6.45, 7) is 2.48. The number of fused-ring (bicyclic) bond motifs is 2. The van der Waals surface area contributed by atoms with Crippen LogP contribution in [-0.2, 0) is 24.4 Å². The third-order valence-electron chi connectivity index (χ3n) is 7.71. The van der Waals surface area contributed by atoms with Crippen molar-refractivity contribution < 1.29 is 4.79 Å². The van der Waals surface area contributed by atoms with Gasteiger partial charge < -0.3 is 9.88 Å². The van der Waals surface area contributed by atoms with Gasteiger partial charge in [0.25, 0.3) is 5.56 Å². The molecule has 8 nitrogen and oxygen atoms in total. The van der Waals surface area contributed by atoms with Crippen LogP contribution in [0.1, 0.15) is 57.4 Å². The number of benzene rings is 1. The van der Waals surface area contributed by atoms with E-state index in [1.807, 2.05) is 37.3 Å². The number of carbonyl (C=O) groups is 1. The average molecular weight is 464 g/mol. The number of nitrogens with one attached hydrogen (secondary N) is 1. The van der Waals surface area contributed by atoms with Gasteiger partial charge in [-0.2, -0.15) is 0 Å². The first-order chi connectivity index (χ1) is 16.5. The Morgan fingerprint density at radius 1 is 1.03 bits per heavy atom. The van der Waals surface area contributed by atoms with Crippen molar-refractivity contribution in [3.8, 4) is 0 Å². The summed E-state index contributed by atoms with van der Waals surface area (Å²) in [5.74, 6) is 1.21. The van der Waals surface area contributed by atoms with Gasteiger partial charge in [-0.05, 0) is 43.6 Å². The Labute approximate surface area is 198 Å². The molecule has 0 radical (unpaired) electrons. The summed E-state index contributed by atoms with van der Waals surface area (Å²) in [5, 5.41) is 3.13. The number of amides is 1. The Morgan fingerprint density at radius 3 is 2.56 bits per heavy atom. The lowest BCUT2D eigenvalue weighted by molar-refractivity contribution is -0.123. The molecular weight excluding hydrogens is 430 g/mol. The first-order valence-electron chi connectivity index (χ1n) is 12.6. The number of nitrogens with zero attached hydrogens (tertiary/aromatic N) is 4. The minimum atomic E-state index is -0.506. The van der Waals surface area contributed by atoms with Crippen LogP contribution in [0.25, 0.3) is 11.2 Å². The molecule has 2 fully saturated rings. The Morgan fingerprint density at radius 2 is 1.79 bits per heavy atom. The van der Waals surface area contributed by atoms with Gasteiger partial charge in [0.15, 0.2) is 11.2 Å². The van der Waals surface area contributed by atoms with E-state index in [0.29, 0.717) is 23.6 Å². The molecule has 1 amide bonds. The van der Waals surface area contributed by atoms with Crippen LogP contribution in [-0.4, -0.2) is 30.6 Å². The Hall–Kier alpha value is -3.16. The predicted octanol–water partition coefficient (Wildman–Crippen LogP) is 2.90. The number of aryl methyl sites for hydroxylation is 1. The molecule has 3 atom stereocenters. The average Bonchev–Trinajstić information content (AvgIpc) is 3.29. The highest BCUT2D eigenvalue weighted by molar-refractivity contribution is 5.77. The van der Waals surface area contributed by atoms with Crippen molar-refractivity contribution in [3.05, 3.63) is 63.1 Å². The molecule has 3 aromatic rings. The van der Waals surface area contributed by atoms with Crippen molar-refractivity contribution in [2.24, 2.45) is 11.8 Å². The third kappa shape index (κ3) is 4.33. The molecule has 180 valence electrons. The molecule has 5 rings (SSSR count). The number of hydrogen-bond donors (Lipinski definition) is 1. The van der Waals surface area contributed by atoms with Gasteiger partial charge in [0.05, 0.1) is 12.9 Å². The third-order valence-corrected chi connectivity index (χ3v) is 7.71. The standard InChI is InChI=1S/C26H33N5O3/c1-2-29-17-27-24-23(29)25(33)31(26(34)30(24)15-18-8-4-3-5-9-18)16-22(32)28-21-13-12-19-10-6-7-11-20(19)14-21/h3-5,8-9,17,19-21H,2,6-7,10-16H2,1H3,(H,28,32)/t19-,20-,21+/m0/s1. The molecule has 0 unspecified atom stereocenters. The fraction of sp³-hybridized carbons (Fsp3) is 0.538. The van der Waals surface area contributed by atoms with Gasteiger partial charge in [0.2, 0.25) is 5.91 Å². The molecule has 2 saturated carbocycles. The Bertz CT molecular complexity index is 1290. The van der Waals surface area contributed by atoms with Crippen LogP contribution >= 0.6 is 0 Å². The van der Waals surface area contributed by atoms with E-state index >= 15 is 0 Å². The van der Waals surface area contributed by atoms with Crippen LogP contribution in [0.2, 0.25) is 0 Å². The zero-order chi connectivity index (χ0) is 23.7. The first kappa shape index (κ1) is 22.6. The van der Waals surface area contributed by atoms with E-state index in [2.05, 4.69) is 10.3 Å². The molecule has 0 aliphatic heterocycles.